The molecule has 0 aliphatic carbocycles. The van der Waals surface area contributed by atoms with E-state index in [-0.39, 0.29) is 52.0 Å². The van der Waals surface area contributed by atoms with Gasteiger partial charge in [-0.05, 0) is 273 Å². The summed E-state index contributed by atoms with van der Waals surface area (Å²) in [6, 6.07) is 70.6. The SMILES string of the molecule is C.C/C=C/Cc1cc(C)c(O)c(-c2cc(C/C=C/C)cc(Cl)c2O)c1.C/C=C/Cc1cc(Cl)c(O)c(-c2cc(Cl)c(C)c(C/C=C/C)c2)c1.Cc1c(Cl)cc(-c2cc(C/C=C/c3ccccc3)cc(Cl)c2O)cc1C/C=C/c1ccccc1.Oc1c(Cl)cc(C/C=C/c2ccccc2)cc1-c1cc(C/C=C/c2ccccc2)cc(Cl)c1O. The lowest BCUT2D eigenvalue weighted by atomic mass is 9.95. The average Bonchev–Trinajstić information content (AvgIpc) is 0.807. The van der Waals surface area contributed by atoms with Crippen LogP contribution in [0.3, 0.4) is 0 Å². The highest BCUT2D eigenvalue weighted by Gasteiger charge is 2.21. The van der Waals surface area contributed by atoms with Crippen LogP contribution in [0.5, 0.6) is 34.5 Å². The Morgan fingerprint density at radius 1 is 0.239 bits per heavy atom. The number of aryl methyl sites for hydroxylation is 1. The standard InChI is InChI=1S/C31H26Cl2O.C30H24Cl2O2.C21H22Cl2O.C21H23ClO2.CH4/c1-22-26(17-9-15-24-12-6-3-7-13-24)20-27(21-29(22)32)28-18-25(19-30(33)31(28)34)16-8-14-23-10-4-2-5-11-23;31-27-19-23(15-7-13-21-9-3-1-4-10-21)17-25(29(27)33)26-18-24(20-28(32)30(26)34)16-8-14-22-11-5-2-6-12-22;1-4-6-8-15-10-18(21(24)20(23)11-15)17-12-16(9-7-5-2)14(3)19(22)13-17;1-4-6-8-15-10-14(3)20(23)17(11-15)18-12-16(9-7-5-2)13-19(22)21(18)24;/h2-15,18-21,34H,16-17H2,1H3;1-14,17-20,33-34H,15-16H2;4-7,10-13,24H,8-9H2,1-3H3;4-7,10-13,23-24H,8-9H2,1-3H3;1H4/b14-8+,15-9+;13-7+,14-8+;2*6-4+,7-5+;. The Kier molecular flexibility index (Phi) is 36.4. The Hall–Kier alpha value is -10.6. The second kappa shape index (κ2) is 46.4. The van der Waals surface area contributed by atoms with Crippen molar-refractivity contribution in [2.24, 2.45) is 0 Å². The summed E-state index contributed by atoms with van der Waals surface area (Å²) in [5.41, 5.74) is 20.8. The van der Waals surface area contributed by atoms with E-state index in [0.29, 0.717) is 77.8 Å². The molecule has 13 heteroatoms. The Morgan fingerprint density at radius 3 is 0.744 bits per heavy atom. The number of hydrogen-bond donors (Lipinski definition) is 6. The van der Waals surface area contributed by atoms with E-state index in [0.717, 1.165) is 127 Å². The lowest BCUT2D eigenvalue weighted by molar-refractivity contribution is 0.466. The molecule has 0 heterocycles. The second-order valence-corrected chi connectivity index (χ2v) is 30.7. The van der Waals surface area contributed by atoms with Gasteiger partial charge in [-0.25, -0.2) is 0 Å². The van der Waals surface area contributed by atoms with Crippen LogP contribution in [0.4, 0.5) is 0 Å². The minimum atomic E-state index is -0.0826. The van der Waals surface area contributed by atoms with Gasteiger partial charge in [-0.3, -0.25) is 0 Å². The van der Waals surface area contributed by atoms with Crippen molar-refractivity contribution in [3.05, 3.63) is 410 Å². The summed E-state index contributed by atoms with van der Waals surface area (Å²) in [4.78, 5) is 0. The summed E-state index contributed by atoms with van der Waals surface area (Å²) in [5, 5.41) is 66.3. The summed E-state index contributed by atoms with van der Waals surface area (Å²) in [6.07, 6.45) is 38.6. The molecule has 12 rings (SSSR count). The van der Waals surface area contributed by atoms with Crippen LogP contribution in [0.15, 0.2) is 291 Å². The van der Waals surface area contributed by atoms with Gasteiger partial charge in [0.2, 0.25) is 0 Å². The highest BCUT2D eigenvalue weighted by atomic mass is 35.5. The quantitative estimate of drug-likeness (QED) is 0.0335. The molecular formula is C104H99Cl7O6. The van der Waals surface area contributed by atoms with Gasteiger partial charge in [0.05, 0.1) is 25.1 Å². The third kappa shape index (κ3) is 26.7. The highest BCUT2D eigenvalue weighted by Crippen LogP contribution is 2.47. The number of halogens is 7. The van der Waals surface area contributed by atoms with Crippen molar-refractivity contribution in [2.45, 2.75) is 107 Å². The Morgan fingerprint density at radius 2 is 0.462 bits per heavy atom. The van der Waals surface area contributed by atoms with E-state index < -0.39 is 0 Å². The molecule has 0 saturated heterocycles. The van der Waals surface area contributed by atoms with Crippen molar-refractivity contribution in [2.75, 3.05) is 0 Å². The van der Waals surface area contributed by atoms with Gasteiger partial charge in [0.1, 0.15) is 34.5 Å². The minimum Gasteiger partial charge on any atom is -0.507 e. The summed E-state index contributed by atoms with van der Waals surface area (Å²) in [7, 11) is 0. The second-order valence-electron chi connectivity index (χ2n) is 27.8. The molecule has 6 N–H and O–H groups in total. The predicted octanol–water partition coefficient (Wildman–Crippen LogP) is 31.3. The van der Waals surface area contributed by atoms with Gasteiger partial charge in [-0.2, -0.15) is 0 Å². The summed E-state index contributed by atoms with van der Waals surface area (Å²) >= 11 is 44.5. The van der Waals surface area contributed by atoms with Crippen molar-refractivity contribution >= 4 is 106 Å². The first kappa shape index (κ1) is 91.9. The zero-order valence-electron chi connectivity index (χ0n) is 66.0. The van der Waals surface area contributed by atoms with Crippen molar-refractivity contribution in [1.29, 1.82) is 0 Å². The van der Waals surface area contributed by atoms with E-state index in [1.165, 1.54) is 0 Å². The van der Waals surface area contributed by atoms with Crippen molar-refractivity contribution < 1.29 is 30.6 Å². The van der Waals surface area contributed by atoms with E-state index in [2.05, 4.69) is 78.9 Å². The number of rotatable bonds is 24. The molecule has 0 atom stereocenters. The molecular weight excluding hydrogens is 1590 g/mol. The van der Waals surface area contributed by atoms with E-state index in [1.807, 2.05) is 261 Å². The smallest absolute Gasteiger partial charge is 0.142 e. The fourth-order valence-corrected chi connectivity index (χ4v) is 14.6. The first-order valence-electron chi connectivity index (χ1n) is 38.3. The zero-order valence-corrected chi connectivity index (χ0v) is 71.3. The molecule has 0 amide bonds. The lowest BCUT2D eigenvalue weighted by Gasteiger charge is -2.14. The number of phenols is 6. The van der Waals surface area contributed by atoms with Gasteiger partial charge in [-0.1, -0.05) is 325 Å². The van der Waals surface area contributed by atoms with Gasteiger partial charge >= 0.3 is 0 Å². The van der Waals surface area contributed by atoms with Crippen molar-refractivity contribution in [3.63, 3.8) is 0 Å². The highest BCUT2D eigenvalue weighted by molar-refractivity contribution is 6.35. The average molecular weight is 1690 g/mol. The zero-order chi connectivity index (χ0) is 83.2. The van der Waals surface area contributed by atoms with Crippen LogP contribution >= 0.6 is 81.2 Å². The number of hydrogen-bond acceptors (Lipinski definition) is 6. The number of benzene rings is 12. The molecule has 117 heavy (non-hydrogen) atoms. The molecule has 12 aromatic rings. The van der Waals surface area contributed by atoms with Crippen molar-refractivity contribution in [1.82, 2.24) is 0 Å². The largest absolute Gasteiger partial charge is 0.507 e. The lowest BCUT2D eigenvalue weighted by Crippen LogP contribution is -1.93. The molecule has 0 aliphatic heterocycles. The summed E-state index contributed by atoms with van der Waals surface area (Å²) in [6.45, 7) is 13.8. The summed E-state index contributed by atoms with van der Waals surface area (Å²) in [5.74, 6) is 0.176. The summed E-state index contributed by atoms with van der Waals surface area (Å²) < 4.78 is 0. The Balaban J connectivity index is 0.000000197. The third-order valence-electron chi connectivity index (χ3n) is 19.3. The molecule has 600 valence electrons. The van der Waals surface area contributed by atoms with Gasteiger partial charge in [0, 0.05) is 43.4 Å². The molecule has 0 aliphatic rings. The van der Waals surface area contributed by atoms with E-state index in [1.54, 1.807) is 24.3 Å². The van der Waals surface area contributed by atoms with Crippen LogP contribution < -0.4 is 0 Å². The molecule has 0 radical (unpaired) electrons. The van der Waals surface area contributed by atoms with Gasteiger partial charge < -0.3 is 30.6 Å². The Labute approximate surface area is 726 Å². The monoisotopic (exact) mass is 1690 g/mol. The van der Waals surface area contributed by atoms with E-state index >= 15 is 0 Å². The maximum Gasteiger partial charge on any atom is 0.142 e. The molecule has 12 aromatic carbocycles. The van der Waals surface area contributed by atoms with Crippen LogP contribution in [-0.4, -0.2) is 30.6 Å². The van der Waals surface area contributed by atoms with Crippen LogP contribution in [0.25, 0.3) is 68.8 Å². The van der Waals surface area contributed by atoms with Crippen LogP contribution in [-0.2, 0) is 51.4 Å². The first-order valence-corrected chi connectivity index (χ1v) is 40.9. The van der Waals surface area contributed by atoms with Crippen molar-refractivity contribution in [3.8, 4) is 79.0 Å². The molecule has 0 fully saturated rings. The first-order chi connectivity index (χ1) is 56.0. The molecule has 0 saturated carbocycles. The number of phenolic OH excluding ortho intramolecular Hbond substituents is 6. The number of allylic oxidation sites excluding steroid dienone is 12. The maximum absolute atomic E-state index is 10.7. The third-order valence-corrected chi connectivity index (χ3v) is 21.5. The predicted molar refractivity (Wildman–Crippen MR) is 504 cm³/mol. The normalized spacial score (nSPS) is 11.5. The van der Waals surface area contributed by atoms with Crippen LogP contribution in [0, 0.1) is 20.8 Å². The molecule has 6 nitrogen and oxygen atoms in total. The minimum absolute atomic E-state index is 0. The fourth-order valence-electron chi connectivity index (χ4n) is 12.9. The van der Waals surface area contributed by atoms with Gasteiger partial charge in [0.15, 0.2) is 0 Å². The topological polar surface area (TPSA) is 121 Å². The van der Waals surface area contributed by atoms with Gasteiger partial charge in [0.25, 0.3) is 0 Å². The molecule has 0 spiro atoms. The molecule has 0 aromatic heterocycles. The van der Waals surface area contributed by atoms with E-state index in [4.69, 9.17) is 81.2 Å². The number of aromatic hydroxyl groups is 6. The fraction of sp³-hybridized carbons (Fsp3) is 0.154. The van der Waals surface area contributed by atoms with E-state index in [9.17, 15) is 30.6 Å². The molecule has 0 unspecified atom stereocenters. The van der Waals surface area contributed by atoms with Crippen LogP contribution in [0.1, 0.15) is 119 Å². The Bertz CT molecular complexity index is 5410. The van der Waals surface area contributed by atoms with Crippen LogP contribution in [0.2, 0.25) is 35.2 Å². The maximum atomic E-state index is 10.7. The van der Waals surface area contributed by atoms with Gasteiger partial charge in [-0.15, -0.1) is 0 Å². The molecule has 0 bridgehead atoms.